The fourth-order valence-electron chi connectivity index (χ4n) is 5.32. The van der Waals surface area contributed by atoms with Crippen LogP contribution in [0.5, 0.6) is 0 Å². The summed E-state index contributed by atoms with van der Waals surface area (Å²) in [5.41, 5.74) is 0.660. The van der Waals surface area contributed by atoms with E-state index in [1.54, 1.807) is 0 Å². The molecule has 7 nitrogen and oxygen atoms in total. The number of piperidine rings is 1. The van der Waals surface area contributed by atoms with E-state index in [0.29, 0.717) is 26.3 Å². The average molecular weight is 436 g/mol. The Labute approximate surface area is 190 Å². The molecular formula is C25H33N5O2. The Morgan fingerprint density at radius 3 is 1.94 bits per heavy atom. The quantitative estimate of drug-likeness (QED) is 0.736. The van der Waals surface area contributed by atoms with Crippen molar-refractivity contribution in [1.29, 1.82) is 0 Å². The Kier molecular flexibility index (Phi) is 6.26. The molecule has 3 saturated heterocycles. The fraction of sp³-hybridized carbons (Fsp3) is 0.560. The molecule has 0 saturated carbocycles. The molecule has 2 aromatic rings. The topological polar surface area (TPSA) is 61.8 Å². The molecule has 0 atom stereocenters. The third kappa shape index (κ3) is 4.18. The van der Waals surface area contributed by atoms with Crippen LogP contribution < -0.4 is 9.80 Å². The average Bonchev–Trinajstić information content (AvgIpc) is 2.90. The van der Waals surface area contributed by atoms with Gasteiger partial charge in [-0.25, -0.2) is 0 Å². The Bertz CT molecular complexity index is 884. The zero-order valence-corrected chi connectivity index (χ0v) is 18.8. The molecule has 0 aliphatic carbocycles. The van der Waals surface area contributed by atoms with Gasteiger partial charge in [-0.2, -0.15) is 0 Å². The first kappa shape index (κ1) is 21.2. The molecule has 0 radical (unpaired) electrons. The highest BCUT2D eigenvalue weighted by Gasteiger charge is 2.44. The van der Waals surface area contributed by atoms with Gasteiger partial charge in [0.05, 0.1) is 5.41 Å². The number of aromatic nitrogens is 2. The van der Waals surface area contributed by atoms with Crippen molar-refractivity contribution >= 4 is 17.5 Å². The van der Waals surface area contributed by atoms with Gasteiger partial charge in [-0.05, 0) is 49.8 Å². The van der Waals surface area contributed by atoms with Crippen LogP contribution >= 0.6 is 0 Å². The fourth-order valence-corrected chi connectivity index (χ4v) is 5.32. The van der Waals surface area contributed by atoms with Crippen molar-refractivity contribution < 1.29 is 9.53 Å². The summed E-state index contributed by atoms with van der Waals surface area (Å²) in [5.74, 6) is 2.13. The second-order valence-electron chi connectivity index (χ2n) is 9.14. The van der Waals surface area contributed by atoms with E-state index in [4.69, 9.17) is 4.74 Å². The highest BCUT2D eigenvalue weighted by atomic mass is 16.5. The van der Waals surface area contributed by atoms with Crippen LogP contribution in [0.1, 0.15) is 37.7 Å². The number of rotatable bonds is 4. The van der Waals surface area contributed by atoms with Crippen molar-refractivity contribution in [2.75, 3.05) is 62.3 Å². The minimum atomic E-state index is -0.461. The lowest BCUT2D eigenvalue weighted by atomic mass is 9.73. The van der Waals surface area contributed by atoms with E-state index in [0.717, 1.165) is 56.2 Å². The van der Waals surface area contributed by atoms with E-state index >= 15 is 0 Å². The largest absolute Gasteiger partial charge is 0.381 e. The minimum Gasteiger partial charge on any atom is -0.381 e. The summed E-state index contributed by atoms with van der Waals surface area (Å²) in [4.78, 5) is 20.4. The van der Waals surface area contributed by atoms with Crippen molar-refractivity contribution in [1.82, 2.24) is 15.1 Å². The molecule has 5 rings (SSSR count). The number of ether oxygens (including phenoxy) is 1. The monoisotopic (exact) mass is 435 g/mol. The van der Waals surface area contributed by atoms with Crippen LogP contribution in [0.3, 0.4) is 0 Å². The number of hydrogen-bond acceptors (Lipinski definition) is 6. The van der Waals surface area contributed by atoms with Gasteiger partial charge in [0.15, 0.2) is 11.6 Å². The summed E-state index contributed by atoms with van der Waals surface area (Å²) in [7, 11) is 0. The Hall–Kier alpha value is -2.67. The van der Waals surface area contributed by atoms with Crippen molar-refractivity contribution in [2.24, 2.45) is 0 Å². The molecule has 32 heavy (non-hydrogen) atoms. The number of carbonyl (C=O) groups is 1. The summed E-state index contributed by atoms with van der Waals surface area (Å²) in [6, 6.07) is 14.4. The lowest BCUT2D eigenvalue weighted by Crippen LogP contribution is -2.56. The first-order valence-electron chi connectivity index (χ1n) is 12.0. The van der Waals surface area contributed by atoms with Gasteiger partial charge in [-0.15, -0.1) is 10.2 Å². The van der Waals surface area contributed by atoms with Gasteiger partial charge < -0.3 is 19.4 Å². The minimum absolute atomic E-state index is 0.248. The van der Waals surface area contributed by atoms with Gasteiger partial charge in [0.2, 0.25) is 5.91 Å². The first-order valence-corrected chi connectivity index (χ1v) is 12.0. The van der Waals surface area contributed by atoms with Crippen molar-refractivity contribution in [3.63, 3.8) is 0 Å². The number of nitrogens with zero attached hydrogens (tertiary/aromatic N) is 5. The van der Waals surface area contributed by atoms with E-state index in [-0.39, 0.29) is 5.91 Å². The smallest absolute Gasteiger partial charge is 0.233 e. The lowest BCUT2D eigenvalue weighted by Gasteiger charge is -2.43. The van der Waals surface area contributed by atoms with Gasteiger partial charge in [0.25, 0.3) is 0 Å². The summed E-state index contributed by atoms with van der Waals surface area (Å²) in [6.07, 6.45) is 5.27. The molecule has 0 spiro atoms. The van der Waals surface area contributed by atoms with Gasteiger partial charge in [-0.3, -0.25) is 4.79 Å². The summed E-state index contributed by atoms with van der Waals surface area (Å²) in [6.45, 7) is 6.41. The van der Waals surface area contributed by atoms with E-state index in [9.17, 15) is 4.79 Å². The molecule has 0 N–H and O–H groups in total. The molecule has 3 aliphatic heterocycles. The Balaban J connectivity index is 1.24. The number of piperazine rings is 1. The Morgan fingerprint density at radius 1 is 0.750 bits per heavy atom. The number of carbonyl (C=O) groups excluding carboxylic acids is 1. The summed E-state index contributed by atoms with van der Waals surface area (Å²) in [5, 5.41) is 9.01. The van der Waals surface area contributed by atoms with E-state index in [1.807, 2.05) is 23.1 Å². The SMILES string of the molecule is O=C(N1CCN(c2ccc(N3CCCCC3)nn2)CC1)C1(c2ccccc2)CCOCC1. The van der Waals surface area contributed by atoms with Crippen molar-refractivity contribution in [3.8, 4) is 0 Å². The van der Waals surface area contributed by atoms with Crippen LogP contribution in [0, 0.1) is 0 Å². The zero-order valence-electron chi connectivity index (χ0n) is 18.8. The predicted molar refractivity (Wildman–Crippen MR) is 125 cm³/mol. The molecule has 3 aliphatic rings. The molecule has 1 amide bonds. The normalized spacial score (nSPS) is 21.4. The number of amides is 1. The van der Waals surface area contributed by atoms with Crippen LogP contribution in [0.2, 0.25) is 0 Å². The second kappa shape index (κ2) is 9.45. The van der Waals surface area contributed by atoms with Gasteiger partial charge in [-0.1, -0.05) is 30.3 Å². The Morgan fingerprint density at radius 2 is 1.34 bits per heavy atom. The molecule has 1 aromatic carbocycles. The molecule has 7 heteroatoms. The molecular weight excluding hydrogens is 402 g/mol. The van der Waals surface area contributed by atoms with E-state index in [2.05, 4.69) is 44.3 Å². The molecule has 170 valence electrons. The summed E-state index contributed by atoms with van der Waals surface area (Å²) < 4.78 is 5.61. The van der Waals surface area contributed by atoms with E-state index < -0.39 is 5.41 Å². The van der Waals surface area contributed by atoms with E-state index in [1.165, 1.54) is 19.3 Å². The third-order valence-electron chi connectivity index (χ3n) is 7.29. The standard InChI is InChI=1S/C25H33N5O2/c31-24(25(11-19-32-20-12-25)21-7-3-1-4-8-21)30-17-15-29(16-18-30)23-10-9-22(26-27-23)28-13-5-2-6-14-28/h1,3-4,7-10H,2,5-6,11-20H2. The van der Waals surface area contributed by atoms with Crippen LogP contribution in [0.15, 0.2) is 42.5 Å². The molecule has 3 fully saturated rings. The molecule has 0 bridgehead atoms. The zero-order chi connectivity index (χ0) is 21.8. The van der Waals surface area contributed by atoms with Crippen LogP contribution in [0.25, 0.3) is 0 Å². The van der Waals surface area contributed by atoms with Gasteiger partial charge in [0.1, 0.15) is 0 Å². The van der Waals surface area contributed by atoms with Gasteiger partial charge in [0, 0.05) is 52.5 Å². The van der Waals surface area contributed by atoms with Crippen molar-refractivity contribution in [3.05, 3.63) is 48.0 Å². The maximum Gasteiger partial charge on any atom is 0.233 e. The van der Waals surface area contributed by atoms with Crippen molar-refractivity contribution in [2.45, 2.75) is 37.5 Å². The first-order chi connectivity index (χ1) is 15.8. The number of anilines is 2. The van der Waals surface area contributed by atoms with Gasteiger partial charge >= 0.3 is 0 Å². The second-order valence-corrected chi connectivity index (χ2v) is 9.14. The van der Waals surface area contributed by atoms with Crippen LogP contribution in [-0.2, 0) is 14.9 Å². The maximum absolute atomic E-state index is 13.8. The molecule has 0 unspecified atom stereocenters. The predicted octanol–water partition coefficient (Wildman–Crippen LogP) is 2.86. The lowest BCUT2D eigenvalue weighted by molar-refractivity contribution is -0.141. The molecule has 1 aromatic heterocycles. The highest BCUT2D eigenvalue weighted by molar-refractivity contribution is 5.88. The number of benzene rings is 1. The van der Waals surface area contributed by atoms with Crippen LogP contribution in [-0.4, -0.2) is 73.5 Å². The summed E-state index contributed by atoms with van der Waals surface area (Å²) >= 11 is 0. The highest BCUT2D eigenvalue weighted by Crippen LogP contribution is 2.37. The third-order valence-corrected chi connectivity index (χ3v) is 7.29. The number of hydrogen-bond donors (Lipinski definition) is 0. The van der Waals surface area contributed by atoms with Crippen LogP contribution in [0.4, 0.5) is 11.6 Å². The maximum atomic E-state index is 13.8. The molecule has 4 heterocycles.